The van der Waals surface area contributed by atoms with Crippen molar-refractivity contribution in [2.24, 2.45) is 0 Å². The molecule has 4 rings (SSSR count). The van der Waals surface area contributed by atoms with E-state index in [2.05, 4.69) is 58.9 Å². The molecule has 0 spiro atoms. The number of amides is 1. The number of fused-ring (bicyclic) bond motifs is 1. The molecule has 0 aliphatic carbocycles. The van der Waals surface area contributed by atoms with Gasteiger partial charge in [0.15, 0.2) is 6.04 Å². The van der Waals surface area contributed by atoms with Gasteiger partial charge in [-0.2, -0.15) is 0 Å². The summed E-state index contributed by atoms with van der Waals surface area (Å²) >= 11 is 0. The van der Waals surface area contributed by atoms with Crippen LogP contribution in [0.2, 0.25) is 0 Å². The number of carbonyl (C=O) groups is 2. The molecule has 2 unspecified atom stereocenters. The van der Waals surface area contributed by atoms with Crippen LogP contribution in [0.15, 0.2) is 66.7 Å². The van der Waals surface area contributed by atoms with E-state index in [1.807, 2.05) is 47.4 Å². The van der Waals surface area contributed by atoms with Crippen molar-refractivity contribution in [2.45, 2.75) is 65.0 Å². The molecule has 1 heterocycles. The molecule has 0 fully saturated rings. The van der Waals surface area contributed by atoms with Crippen LogP contribution in [0.3, 0.4) is 0 Å². The Morgan fingerprint density at radius 3 is 2.00 bits per heavy atom. The van der Waals surface area contributed by atoms with Gasteiger partial charge in [0.05, 0.1) is 6.04 Å². The monoisotopic (exact) mass is 484 g/mol. The van der Waals surface area contributed by atoms with Crippen LogP contribution in [0, 0.1) is 0 Å². The van der Waals surface area contributed by atoms with E-state index in [0.717, 1.165) is 28.1 Å². The molecular weight excluding hydrogens is 448 g/mol. The second-order valence-electron chi connectivity index (χ2n) is 11.1. The van der Waals surface area contributed by atoms with Crippen LogP contribution in [0.1, 0.15) is 70.2 Å². The average molecular weight is 485 g/mol. The summed E-state index contributed by atoms with van der Waals surface area (Å²) in [5.74, 6) is -0.758. The van der Waals surface area contributed by atoms with E-state index in [1.54, 1.807) is 11.9 Å². The summed E-state index contributed by atoms with van der Waals surface area (Å²) in [6.07, 6.45) is 0. The van der Waals surface area contributed by atoms with Crippen LogP contribution in [0.4, 0.5) is 11.4 Å². The summed E-state index contributed by atoms with van der Waals surface area (Å²) in [5, 5.41) is 10.4. The Morgan fingerprint density at radius 2 is 1.50 bits per heavy atom. The minimum atomic E-state index is -0.965. The standard InChI is InChI=1S/C31H36N2O3/c1-19(2)21-10-15-25(16-11-21)33-27-17-12-23(22-8-13-24(14-9-22)31(4,5)6)18-26(27)28(29(33)30(35)36)32(7)20(3)34/h8-19,28-29H,1-7H3,(H,35,36). The maximum Gasteiger partial charge on any atom is 0.329 e. The predicted octanol–water partition coefficient (Wildman–Crippen LogP) is 6.90. The number of nitrogens with zero attached hydrogens (tertiary/aromatic N) is 2. The number of aliphatic carboxylic acids is 1. The Labute approximate surface area is 214 Å². The molecule has 0 bridgehead atoms. The van der Waals surface area contributed by atoms with Crippen molar-refractivity contribution >= 4 is 23.3 Å². The third-order valence-electron chi connectivity index (χ3n) is 7.27. The van der Waals surface area contributed by atoms with Crippen molar-refractivity contribution in [3.63, 3.8) is 0 Å². The van der Waals surface area contributed by atoms with E-state index >= 15 is 0 Å². The summed E-state index contributed by atoms with van der Waals surface area (Å²) in [7, 11) is 1.68. The van der Waals surface area contributed by atoms with Crippen molar-refractivity contribution in [2.75, 3.05) is 11.9 Å². The van der Waals surface area contributed by atoms with Gasteiger partial charge in [-0.1, -0.05) is 77.1 Å². The summed E-state index contributed by atoms with van der Waals surface area (Å²) in [6, 6.07) is 21.1. The fourth-order valence-electron chi connectivity index (χ4n) is 5.00. The van der Waals surface area contributed by atoms with E-state index in [0.29, 0.717) is 5.92 Å². The maximum atomic E-state index is 12.7. The molecule has 36 heavy (non-hydrogen) atoms. The molecular formula is C31H36N2O3. The normalized spacial score (nSPS) is 17.3. The number of rotatable bonds is 5. The largest absolute Gasteiger partial charge is 0.480 e. The molecule has 5 heteroatoms. The quantitative estimate of drug-likeness (QED) is 0.428. The van der Waals surface area contributed by atoms with Gasteiger partial charge in [-0.3, -0.25) is 4.79 Å². The number of carboxylic acids is 1. The highest BCUT2D eigenvalue weighted by atomic mass is 16.4. The molecule has 0 saturated heterocycles. The van der Waals surface area contributed by atoms with Crippen molar-refractivity contribution in [3.05, 3.63) is 83.4 Å². The molecule has 0 aromatic heterocycles. The lowest BCUT2D eigenvalue weighted by atomic mass is 9.86. The van der Waals surface area contributed by atoms with Crippen molar-refractivity contribution < 1.29 is 14.7 Å². The molecule has 2 atom stereocenters. The number of carboxylic acid groups (broad SMARTS) is 1. The maximum absolute atomic E-state index is 12.7. The molecule has 1 N–H and O–H groups in total. The fourth-order valence-corrected chi connectivity index (χ4v) is 5.00. The van der Waals surface area contributed by atoms with Gasteiger partial charge < -0.3 is 14.9 Å². The highest BCUT2D eigenvalue weighted by Gasteiger charge is 2.46. The van der Waals surface area contributed by atoms with Crippen LogP contribution in [0.5, 0.6) is 0 Å². The van der Waals surface area contributed by atoms with Gasteiger partial charge in [-0.15, -0.1) is 0 Å². The Morgan fingerprint density at radius 1 is 0.917 bits per heavy atom. The molecule has 0 saturated carbocycles. The first-order valence-electron chi connectivity index (χ1n) is 12.5. The van der Waals surface area contributed by atoms with Crippen LogP contribution in [-0.2, 0) is 15.0 Å². The number of anilines is 2. The van der Waals surface area contributed by atoms with Crippen molar-refractivity contribution in [1.29, 1.82) is 0 Å². The van der Waals surface area contributed by atoms with Gasteiger partial charge in [0.2, 0.25) is 5.91 Å². The smallest absolute Gasteiger partial charge is 0.329 e. The number of hydrogen-bond donors (Lipinski definition) is 1. The molecule has 0 radical (unpaired) electrons. The van der Waals surface area contributed by atoms with Crippen molar-refractivity contribution in [3.8, 4) is 11.1 Å². The summed E-state index contributed by atoms with van der Waals surface area (Å²) in [5.41, 5.74) is 7.01. The molecule has 1 aliphatic heterocycles. The van der Waals surface area contributed by atoms with Gasteiger partial charge >= 0.3 is 5.97 Å². The highest BCUT2D eigenvalue weighted by Crippen LogP contribution is 2.48. The van der Waals surface area contributed by atoms with Crippen molar-refractivity contribution in [1.82, 2.24) is 4.90 Å². The summed E-state index contributed by atoms with van der Waals surface area (Å²) in [6.45, 7) is 12.3. The first kappa shape index (κ1) is 25.5. The zero-order valence-electron chi connectivity index (χ0n) is 22.2. The summed E-state index contributed by atoms with van der Waals surface area (Å²) in [4.78, 5) is 28.6. The number of benzene rings is 3. The molecule has 1 amide bonds. The third-order valence-corrected chi connectivity index (χ3v) is 7.27. The highest BCUT2D eigenvalue weighted by molar-refractivity contribution is 5.91. The van der Waals surface area contributed by atoms with E-state index in [4.69, 9.17) is 0 Å². The average Bonchev–Trinajstić information content (AvgIpc) is 3.17. The predicted molar refractivity (Wildman–Crippen MR) is 146 cm³/mol. The van der Waals surface area contributed by atoms with Gasteiger partial charge in [0, 0.05) is 30.9 Å². The summed E-state index contributed by atoms with van der Waals surface area (Å²) < 4.78 is 0. The number of carbonyl (C=O) groups excluding carboxylic acids is 1. The van der Waals surface area contributed by atoms with E-state index < -0.39 is 18.1 Å². The lowest BCUT2D eigenvalue weighted by Gasteiger charge is -2.31. The van der Waals surface area contributed by atoms with Gasteiger partial charge in [0.25, 0.3) is 0 Å². The van der Waals surface area contributed by atoms with Gasteiger partial charge in [-0.05, 0) is 57.9 Å². The zero-order chi connectivity index (χ0) is 26.4. The first-order valence-corrected chi connectivity index (χ1v) is 12.5. The second-order valence-corrected chi connectivity index (χ2v) is 11.1. The number of hydrogen-bond acceptors (Lipinski definition) is 3. The van der Waals surface area contributed by atoms with E-state index in [1.165, 1.54) is 18.1 Å². The van der Waals surface area contributed by atoms with Gasteiger partial charge in [0.1, 0.15) is 0 Å². The Bertz CT molecular complexity index is 1270. The van der Waals surface area contributed by atoms with Gasteiger partial charge in [-0.25, -0.2) is 4.79 Å². The van der Waals surface area contributed by atoms with E-state index in [-0.39, 0.29) is 11.3 Å². The second kappa shape index (κ2) is 9.45. The van der Waals surface area contributed by atoms with Crippen LogP contribution < -0.4 is 4.90 Å². The minimum absolute atomic E-state index is 0.0616. The zero-order valence-corrected chi connectivity index (χ0v) is 22.2. The molecule has 188 valence electrons. The van der Waals surface area contributed by atoms with Crippen LogP contribution in [-0.4, -0.2) is 35.0 Å². The molecule has 3 aromatic carbocycles. The lowest BCUT2D eigenvalue weighted by Crippen LogP contribution is -2.44. The third kappa shape index (κ3) is 4.62. The minimum Gasteiger partial charge on any atom is -0.480 e. The fraction of sp³-hybridized carbons (Fsp3) is 0.355. The Balaban J connectivity index is 1.85. The Kier molecular flexibility index (Phi) is 6.70. The Hall–Kier alpha value is -3.60. The molecule has 3 aromatic rings. The topological polar surface area (TPSA) is 60.9 Å². The van der Waals surface area contributed by atoms with Crippen LogP contribution in [0.25, 0.3) is 11.1 Å². The number of likely N-dealkylation sites (N-methyl/N-ethyl adjacent to an activating group) is 1. The lowest BCUT2D eigenvalue weighted by molar-refractivity contribution is -0.141. The first-order chi connectivity index (χ1) is 16.9. The van der Waals surface area contributed by atoms with E-state index in [9.17, 15) is 14.7 Å². The SMILES string of the molecule is CC(=O)N(C)C1c2cc(-c3ccc(C(C)(C)C)cc3)ccc2N(c2ccc(C(C)C)cc2)C1C(=O)O. The van der Waals surface area contributed by atoms with Crippen LogP contribution >= 0.6 is 0 Å². The molecule has 1 aliphatic rings. The molecule has 5 nitrogen and oxygen atoms in total.